The number of methoxy groups -OCH3 is 1. The Morgan fingerprint density at radius 1 is 1.54 bits per heavy atom. The van der Waals surface area contributed by atoms with Gasteiger partial charge in [0.1, 0.15) is 0 Å². The summed E-state index contributed by atoms with van der Waals surface area (Å²) in [6, 6.07) is 2.50. The number of nitro groups is 1. The lowest BCUT2D eigenvalue weighted by Crippen LogP contribution is -1.93. The zero-order chi connectivity index (χ0) is 10.0. The number of nitro benzene ring substituents is 1. The molecular weight excluding hydrogens is 174 g/mol. The van der Waals surface area contributed by atoms with E-state index in [0.29, 0.717) is 5.56 Å². The Hall–Kier alpha value is -1.78. The van der Waals surface area contributed by atoms with Gasteiger partial charge in [0.05, 0.1) is 18.1 Å². The number of rotatable bonds is 2. The van der Waals surface area contributed by atoms with Gasteiger partial charge in [-0.2, -0.15) is 0 Å². The van der Waals surface area contributed by atoms with Gasteiger partial charge in [-0.3, -0.25) is 10.1 Å². The SMILES string of the molecule is COc1cc(C)c([N+](=O)[O-])cc1O. The average molecular weight is 183 g/mol. The normalized spacial score (nSPS) is 9.69. The summed E-state index contributed by atoms with van der Waals surface area (Å²) in [5, 5.41) is 19.7. The molecule has 0 fully saturated rings. The first-order chi connectivity index (χ1) is 6.06. The Labute approximate surface area is 74.7 Å². The summed E-state index contributed by atoms with van der Waals surface area (Å²) >= 11 is 0. The van der Waals surface area contributed by atoms with Crippen molar-refractivity contribution < 1.29 is 14.8 Å². The van der Waals surface area contributed by atoms with Gasteiger partial charge >= 0.3 is 0 Å². The fourth-order valence-electron chi connectivity index (χ4n) is 1.02. The first kappa shape index (κ1) is 9.31. The number of hydrogen-bond acceptors (Lipinski definition) is 4. The van der Waals surface area contributed by atoms with E-state index in [1.807, 2.05) is 0 Å². The van der Waals surface area contributed by atoms with Crippen molar-refractivity contribution in [2.24, 2.45) is 0 Å². The third-order valence-electron chi connectivity index (χ3n) is 1.69. The number of phenolic OH excluding ortho intramolecular Hbond substituents is 1. The fraction of sp³-hybridized carbons (Fsp3) is 0.250. The van der Waals surface area contributed by atoms with Crippen molar-refractivity contribution in [2.45, 2.75) is 6.92 Å². The molecule has 0 radical (unpaired) electrons. The Morgan fingerprint density at radius 3 is 2.62 bits per heavy atom. The van der Waals surface area contributed by atoms with Crippen LogP contribution in [0.15, 0.2) is 12.1 Å². The topological polar surface area (TPSA) is 72.6 Å². The quantitative estimate of drug-likeness (QED) is 0.558. The van der Waals surface area contributed by atoms with Gasteiger partial charge in [0.25, 0.3) is 5.69 Å². The number of benzene rings is 1. The van der Waals surface area contributed by atoms with Crippen molar-refractivity contribution in [2.75, 3.05) is 7.11 Å². The summed E-state index contributed by atoms with van der Waals surface area (Å²) in [6.07, 6.45) is 0. The van der Waals surface area contributed by atoms with Crippen LogP contribution in [0.5, 0.6) is 11.5 Å². The number of hydrogen-bond donors (Lipinski definition) is 1. The zero-order valence-electron chi connectivity index (χ0n) is 7.27. The van der Waals surface area contributed by atoms with Crippen LogP contribution in [-0.4, -0.2) is 17.1 Å². The van der Waals surface area contributed by atoms with Gasteiger partial charge < -0.3 is 9.84 Å². The van der Waals surface area contributed by atoms with Gasteiger partial charge in [-0.15, -0.1) is 0 Å². The molecule has 0 bridgehead atoms. The van der Waals surface area contributed by atoms with Crippen LogP contribution < -0.4 is 4.74 Å². The van der Waals surface area contributed by atoms with Crippen molar-refractivity contribution in [1.29, 1.82) is 0 Å². The van der Waals surface area contributed by atoms with Crippen LogP contribution in [0.3, 0.4) is 0 Å². The number of nitrogens with zero attached hydrogens (tertiary/aromatic N) is 1. The van der Waals surface area contributed by atoms with Gasteiger partial charge in [-0.1, -0.05) is 0 Å². The Balaban J connectivity index is 3.28. The van der Waals surface area contributed by atoms with E-state index >= 15 is 0 Å². The minimum atomic E-state index is -0.547. The number of phenols is 1. The highest BCUT2D eigenvalue weighted by molar-refractivity contribution is 5.52. The summed E-state index contributed by atoms with van der Waals surface area (Å²) < 4.78 is 4.79. The summed E-state index contributed by atoms with van der Waals surface area (Å²) in [7, 11) is 1.39. The van der Waals surface area contributed by atoms with E-state index in [-0.39, 0.29) is 17.2 Å². The molecule has 13 heavy (non-hydrogen) atoms. The van der Waals surface area contributed by atoms with Gasteiger partial charge in [-0.05, 0) is 13.0 Å². The molecule has 1 N–H and O–H groups in total. The van der Waals surface area contributed by atoms with Gasteiger partial charge in [0.15, 0.2) is 11.5 Å². The minimum absolute atomic E-state index is 0.113. The standard InChI is InChI=1S/C8H9NO4/c1-5-3-8(13-2)7(10)4-6(5)9(11)12/h3-4,10H,1-2H3. The molecule has 1 aromatic rings. The molecule has 0 spiro atoms. The lowest BCUT2D eigenvalue weighted by molar-refractivity contribution is -0.385. The maximum Gasteiger partial charge on any atom is 0.276 e. The second-order valence-corrected chi connectivity index (χ2v) is 2.57. The van der Waals surface area contributed by atoms with Crippen LogP contribution >= 0.6 is 0 Å². The predicted octanol–water partition coefficient (Wildman–Crippen LogP) is 1.62. The molecule has 0 atom stereocenters. The minimum Gasteiger partial charge on any atom is -0.504 e. The molecule has 0 saturated heterocycles. The van der Waals surface area contributed by atoms with Crippen LogP contribution in [0.25, 0.3) is 0 Å². The zero-order valence-corrected chi connectivity index (χ0v) is 7.27. The molecule has 0 amide bonds. The molecule has 70 valence electrons. The highest BCUT2D eigenvalue weighted by atomic mass is 16.6. The van der Waals surface area contributed by atoms with Gasteiger partial charge in [0, 0.05) is 5.56 Å². The Bertz CT molecular complexity index is 348. The van der Waals surface area contributed by atoms with Crippen LogP contribution in [0, 0.1) is 17.0 Å². The Morgan fingerprint density at radius 2 is 2.15 bits per heavy atom. The molecule has 1 rings (SSSR count). The smallest absolute Gasteiger partial charge is 0.276 e. The molecule has 0 aliphatic carbocycles. The molecule has 0 heterocycles. The summed E-state index contributed by atoms with van der Waals surface area (Å²) in [4.78, 5) is 9.88. The monoisotopic (exact) mass is 183 g/mol. The average Bonchev–Trinajstić information content (AvgIpc) is 2.07. The summed E-state index contributed by atoms with van der Waals surface area (Å²) in [6.45, 7) is 1.58. The van der Waals surface area contributed by atoms with E-state index in [1.54, 1.807) is 6.92 Å². The van der Waals surface area contributed by atoms with Crippen molar-refractivity contribution in [3.63, 3.8) is 0 Å². The molecule has 1 aromatic carbocycles. The third kappa shape index (κ3) is 1.69. The van der Waals surface area contributed by atoms with Gasteiger partial charge in [-0.25, -0.2) is 0 Å². The third-order valence-corrected chi connectivity index (χ3v) is 1.69. The summed E-state index contributed by atoms with van der Waals surface area (Å²) in [5.74, 6) is 0.0166. The highest BCUT2D eigenvalue weighted by Crippen LogP contribution is 2.32. The second-order valence-electron chi connectivity index (χ2n) is 2.57. The second kappa shape index (κ2) is 3.30. The van der Waals surface area contributed by atoms with E-state index in [1.165, 1.54) is 13.2 Å². The first-order valence-electron chi connectivity index (χ1n) is 3.58. The van der Waals surface area contributed by atoms with Crippen molar-refractivity contribution in [3.05, 3.63) is 27.8 Å². The van der Waals surface area contributed by atoms with E-state index < -0.39 is 4.92 Å². The molecule has 0 unspecified atom stereocenters. The van der Waals surface area contributed by atoms with Crippen LogP contribution in [0.4, 0.5) is 5.69 Å². The molecule has 0 saturated carbocycles. The molecule has 5 nitrogen and oxygen atoms in total. The lowest BCUT2D eigenvalue weighted by Gasteiger charge is -2.04. The number of aromatic hydroxyl groups is 1. The van der Waals surface area contributed by atoms with Crippen molar-refractivity contribution >= 4 is 5.69 Å². The van der Waals surface area contributed by atoms with Crippen molar-refractivity contribution in [1.82, 2.24) is 0 Å². The number of ether oxygens (including phenoxy) is 1. The van der Waals surface area contributed by atoms with Crippen LogP contribution in [-0.2, 0) is 0 Å². The number of aryl methyl sites for hydroxylation is 1. The van der Waals surface area contributed by atoms with E-state index in [0.717, 1.165) is 6.07 Å². The highest BCUT2D eigenvalue weighted by Gasteiger charge is 2.14. The van der Waals surface area contributed by atoms with Crippen molar-refractivity contribution in [3.8, 4) is 11.5 Å². The fourth-order valence-corrected chi connectivity index (χ4v) is 1.02. The predicted molar refractivity (Wildman–Crippen MR) is 46.1 cm³/mol. The molecule has 0 aromatic heterocycles. The van der Waals surface area contributed by atoms with E-state index in [4.69, 9.17) is 4.74 Å². The van der Waals surface area contributed by atoms with Gasteiger partial charge in [0.2, 0.25) is 0 Å². The maximum atomic E-state index is 10.4. The summed E-state index contributed by atoms with van der Waals surface area (Å²) in [5.41, 5.74) is 0.345. The van der Waals surface area contributed by atoms with E-state index in [2.05, 4.69) is 0 Å². The largest absolute Gasteiger partial charge is 0.504 e. The van der Waals surface area contributed by atoms with Crippen LogP contribution in [0.1, 0.15) is 5.56 Å². The molecule has 0 aliphatic rings. The molecular formula is C8H9NO4. The first-order valence-corrected chi connectivity index (χ1v) is 3.58. The van der Waals surface area contributed by atoms with Crippen LogP contribution in [0.2, 0.25) is 0 Å². The molecule has 5 heteroatoms. The lowest BCUT2D eigenvalue weighted by atomic mass is 10.2. The van der Waals surface area contributed by atoms with E-state index in [9.17, 15) is 15.2 Å². The Kier molecular flexibility index (Phi) is 2.36. The molecule has 0 aliphatic heterocycles. The maximum absolute atomic E-state index is 10.4.